The van der Waals surface area contributed by atoms with Gasteiger partial charge >= 0.3 is 0 Å². The summed E-state index contributed by atoms with van der Waals surface area (Å²) in [4.78, 5) is 40.3. The Bertz CT molecular complexity index is 1060. The van der Waals surface area contributed by atoms with Crippen molar-refractivity contribution in [3.63, 3.8) is 0 Å². The molecular formula is C19H14FN3O5. The standard InChI is InChI=1S/C19H14FN3O5/c20-14-5-3-13(4-6-14)12-28-22-11-1-2-17(19(22)25)18(24)21-15-7-9-16(10-8-15)23(26)27/h1-11H,12H2,(H,21,24). The number of carbonyl (C=O) groups is 1. The van der Waals surface area contributed by atoms with Gasteiger partial charge in [0.2, 0.25) is 0 Å². The van der Waals surface area contributed by atoms with Crippen LogP contribution in [0, 0.1) is 15.9 Å². The van der Waals surface area contributed by atoms with E-state index in [-0.39, 0.29) is 23.7 Å². The first-order chi connectivity index (χ1) is 13.4. The predicted molar refractivity (Wildman–Crippen MR) is 98.4 cm³/mol. The molecule has 1 amide bonds. The van der Waals surface area contributed by atoms with Crippen molar-refractivity contribution in [3.8, 4) is 0 Å². The smallest absolute Gasteiger partial charge is 0.295 e. The number of pyridine rings is 1. The van der Waals surface area contributed by atoms with Gasteiger partial charge in [-0.3, -0.25) is 19.7 Å². The predicted octanol–water partition coefficient (Wildman–Crippen LogP) is 2.78. The van der Waals surface area contributed by atoms with Crippen LogP contribution in [-0.2, 0) is 6.61 Å². The molecule has 0 bridgehead atoms. The van der Waals surface area contributed by atoms with Gasteiger partial charge in [-0.15, -0.1) is 0 Å². The maximum Gasteiger partial charge on any atom is 0.295 e. The fourth-order valence-electron chi connectivity index (χ4n) is 2.34. The van der Waals surface area contributed by atoms with E-state index in [1.54, 1.807) is 0 Å². The first-order valence-corrected chi connectivity index (χ1v) is 8.09. The number of nitro benzene ring substituents is 1. The highest BCUT2D eigenvalue weighted by molar-refractivity contribution is 6.04. The maximum atomic E-state index is 12.9. The van der Waals surface area contributed by atoms with Gasteiger partial charge in [-0.05, 0) is 42.0 Å². The SMILES string of the molecule is O=C(Nc1ccc([N+](=O)[O-])cc1)c1cccn(OCc2ccc(F)cc2)c1=O. The normalized spacial score (nSPS) is 10.3. The molecular weight excluding hydrogens is 369 g/mol. The Morgan fingerprint density at radius 1 is 1.11 bits per heavy atom. The van der Waals surface area contributed by atoms with E-state index >= 15 is 0 Å². The van der Waals surface area contributed by atoms with E-state index in [0.717, 1.165) is 4.73 Å². The average molecular weight is 383 g/mol. The van der Waals surface area contributed by atoms with Crippen molar-refractivity contribution in [1.29, 1.82) is 0 Å². The molecule has 0 saturated carbocycles. The maximum absolute atomic E-state index is 12.9. The number of anilines is 1. The zero-order valence-corrected chi connectivity index (χ0v) is 14.4. The number of non-ortho nitro benzene ring substituents is 1. The lowest BCUT2D eigenvalue weighted by atomic mass is 10.2. The van der Waals surface area contributed by atoms with Crippen LogP contribution in [0.2, 0.25) is 0 Å². The minimum absolute atomic E-state index is 0.00755. The van der Waals surface area contributed by atoms with E-state index in [0.29, 0.717) is 11.3 Å². The molecule has 1 heterocycles. The van der Waals surface area contributed by atoms with Crippen LogP contribution >= 0.6 is 0 Å². The van der Waals surface area contributed by atoms with E-state index < -0.39 is 16.4 Å². The monoisotopic (exact) mass is 383 g/mol. The largest absolute Gasteiger partial charge is 0.406 e. The first-order valence-electron chi connectivity index (χ1n) is 8.09. The van der Waals surface area contributed by atoms with Crippen LogP contribution in [0.25, 0.3) is 0 Å². The Hall–Kier alpha value is -4.01. The minimum Gasteiger partial charge on any atom is -0.406 e. The summed E-state index contributed by atoms with van der Waals surface area (Å²) >= 11 is 0. The van der Waals surface area contributed by atoms with Gasteiger partial charge in [-0.1, -0.05) is 12.1 Å². The molecule has 2 aromatic carbocycles. The number of halogens is 1. The van der Waals surface area contributed by atoms with Crippen LogP contribution in [0.1, 0.15) is 15.9 Å². The number of rotatable bonds is 6. The highest BCUT2D eigenvalue weighted by Crippen LogP contribution is 2.15. The van der Waals surface area contributed by atoms with Crippen LogP contribution in [0.4, 0.5) is 15.8 Å². The molecule has 28 heavy (non-hydrogen) atoms. The zero-order chi connectivity index (χ0) is 20.1. The fraction of sp³-hybridized carbons (Fsp3) is 0.0526. The highest BCUT2D eigenvalue weighted by atomic mass is 19.1. The van der Waals surface area contributed by atoms with Crippen LogP contribution in [0.15, 0.2) is 71.7 Å². The lowest BCUT2D eigenvalue weighted by Crippen LogP contribution is -2.32. The molecule has 3 aromatic rings. The van der Waals surface area contributed by atoms with Gasteiger partial charge in [-0.25, -0.2) is 4.39 Å². The zero-order valence-electron chi connectivity index (χ0n) is 14.4. The molecule has 142 valence electrons. The number of aromatic nitrogens is 1. The highest BCUT2D eigenvalue weighted by Gasteiger charge is 2.14. The van der Waals surface area contributed by atoms with Gasteiger partial charge in [-0.2, -0.15) is 4.73 Å². The quantitative estimate of drug-likeness (QED) is 0.521. The summed E-state index contributed by atoms with van der Waals surface area (Å²) in [5, 5.41) is 13.2. The molecule has 0 spiro atoms. The van der Waals surface area contributed by atoms with Crippen molar-refractivity contribution in [2.45, 2.75) is 6.61 Å². The third-order valence-corrected chi connectivity index (χ3v) is 3.78. The molecule has 3 rings (SSSR count). The third-order valence-electron chi connectivity index (χ3n) is 3.78. The molecule has 0 fully saturated rings. The second-order valence-corrected chi connectivity index (χ2v) is 5.71. The summed E-state index contributed by atoms with van der Waals surface area (Å²) in [6.07, 6.45) is 1.36. The number of nitro groups is 1. The molecule has 0 unspecified atom stereocenters. The van der Waals surface area contributed by atoms with Crippen LogP contribution in [0.3, 0.4) is 0 Å². The van der Waals surface area contributed by atoms with Crippen molar-refractivity contribution in [2.75, 3.05) is 5.32 Å². The molecule has 0 aliphatic carbocycles. The molecule has 0 radical (unpaired) electrons. The molecule has 1 N–H and O–H groups in total. The number of nitrogens with zero attached hydrogens (tertiary/aromatic N) is 2. The third kappa shape index (κ3) is 4.39. The number of nitrogens with one attached hydrogen (secondary N) is 1. The van der Waals surface area contributed by atoms with Crippen molar-refractivity contribution < 1.29 is 18.9 Å². The summed E-state index contributed by atoms with van der Waals surface area (Å²) in [6.45, 7) is 0.00755. The van der Waals surface area contributed by atoms with E-state index in [9.17, 15) is 24.1 Å². The second kappa shape index (κ2) is 8.12. The molecule has 1 aromatic heterocycles. The summed E-state index contributed by atoms with van der Waals surface area (Å²) < 4.78 is 13.8. The van der Waals surface area contributed by atoms with Crippen LogP contribution < -0.4 is 15.7 Å². The van der Waals surface area contributed by atoms with Crippen LogP contribution in [-0.4, -0.2) is 15.6 Å². The number of amides is 1. The summed E-state index contributed by atoms with van der Waals surface area (Å²) in [6, 6.07) is 13.6. The van der Waals surface area contributed by atoms with E-state index in [1.807, 2.05) is 0 Å². The molecule has 0 atom stereocenters. The van der Waals surface area contributed by atoms with Gasteiger partial charge in [0.25, 0.3) is 17.2 Å². The second-order valence-electron chi connectivity index (χ2n) is 5.71. The minimum atomic E-state index is -0.682. The Morgan fingerprint density at radius 2 is 1.79 bits per heavy atom. The lowest BCUT2D eigenvalue weighted by Gasteiger charge is -2.10. The molecule has 0 aliphatic rings. The van der Waals surface area contributed by atoms with Crippen molar-refractivity contribution in [1.82, 2.24) is 4.73 Å². The molecule has 8 nitrogen and oxygen atoms in total. The molecule has 0 saturated heterocycles. The number of carbonyl (C=O) groups excluding carboxylic acids is 1. The lowest BCUT2D eigenvalue weighted by molar-refractivity contribution is -0.384. The Kier molecular flexibility index (Phi) is 5.45. The topological polar surface area (TPSA) is 103 Å². The Balaban J connectivity index is 1.72. The van der Waals surface area contributed by atoms with Gasteiger partial charge in [0, 0.05) is 24.0 Å². The average Bonchev–Trinajstić information content (AvgIpc) is 2.69. The van der Waals surface area contributed by atoms with Gasteiger partial charge < -0.3 is 10.2 Å². The molecule has 9 heteroatoms. The number of benzene rings is 2. The van der Waals surface area contributed by atoms with Crippen molar-refractivity contribution in [3.05, 3.63) is 104 Å². The van der Waals surface area contributed by atoms with E-state index in [4.69, 9.17) is 4.84 Å². The van der Waals surface area contributed by atoms with Crippen molar-refractivity contribution in [2.24, 2.45) is 0 Å². The van der Waals surface area contributed by atoms with Gasteiger partial charge in [0.15, 0.2) is 0 Å². The van der Waals surface area contributed by atoms with E-state index in [1.165, 1.54) is 66.9 Å². The fourth-order valence-corrected chi connectivity index (χ4v) is 2.34. The van der Waals surface area contributed by atoms with Gasteiger partial charge in [0.05, 0.1) is 4.92 Å². The van der Waals surface area contributed by atoms with Crippen molar-refractivity contribution >= 4 is 17.3 Å². The van der Waals surface area contributed by atoms with Gasteiger partial charge in [0.1, 0.15) is 18.0 Å². The number of hydrogen-bond donors (Lipinski definition) is 1. The Labute approximate surface area is 157 Å². The summed E-state index contributed by atoms with van der Waals surface area (Å²) in [7, 11) is 0. The van der Waals surface area contributed by atoms with E-state index in [2.05, 4.69) is 5.32 Å². The summed E-state index contributed by atoms with van der Waals surface area (Å²) in [5.41, 5.74) is -0.00934. The first kappa shape index (κ1) is 18.8. The summed E-state index contributed by atoms with van der Waals surface area (Å²) in [5.74, 6) is -1.07. The molecule has 0 aliphatic heterocycles. The van der Waals surface area contributed by atoms with Crippen LogP contribution in [0.5, 0.6) is 0 Å². The Morgan fingerprint density at radius 3 is 2.43 bits per heavy atom. The number of hydrogen-bond acceptors (Lipinski definition) is 5.